The van der Waals surface area contributed by atoms with Gasteiger partial charge >= 0.3 is 0 Å². The van der Waals surface area contributed by atoms with E-state index in [1.807, 2.05) is 31.2 Å². The summed E-state index contributed by atoms with van der Waals surface area (Å²) < 4.78 is 0. The van der Waals surface area contributed by atoms with Gasteiger partial charge in [0, 0.05) is 20.1 Å². The van der Waals surface area contributed by atoms with Gasteiger partial charge in [0.05, 0.1) is 12.2 Å². The lowest BCUT2D eigenvalue weighted by Crippen LogP contribution is -2.35. The molecule has 0 aliphatic carbocycles. The van der Waals surface area contributed by atoms with Gasteiger partial charge in [-0.2, -0.15) is 0 Å². The first-order valence-electron chi connectivity index (χ1n) is 9.00. The highest BCUT2D eigenvalue weighted by Crippen LogP contribution is 2.31. The largest absolute Gasteiger partial charge is 0.395 e. The van der Waals surface area contributed by atoms with Crippen LogP contribution in [-0.4, -0.2) is 53.5 Å². The molecule has 0 spiro atoms. The van der Waals surface area contributed by atoms with Gasteiger partial charge in [0.1, 0.15) is 5.70 Å². The first-order valence-corrected chi connectivity index (χ1v) is 9.00. The maximum Gasteiger partial charge on any atom is 0.277 e. The monoisotopic (exact) mass is 344 g/mol. The van der Waals surface area contributed by atoms with E-state index < -0.39 is 0 Å². The van der Waals surface area contributed by atoms with Crippen LogP contribution in [0.25, 0.3) is 5.57 Å². The van der Waals surface area contributed by atoms with E-state index in [0.29, 0.717) is 24.4 Å². The van der Waals surface area contributed by atoms with Gasteiger partial charge in [0.25, 0.3) is 11.8 Å². The molecule has 1 aromatic rings. The maximum absolute atomic E-state index is 12.9. The first-order chi connectivity index (χ1) is 12.0. The Bertz CT molecular complexity index is 649. The zero-order valence-electron chi connectivity index (χ0n) is 15.4. The van der Waals surface area contributed by atoms with Crippen LogP contribution in [0.3, 0.4) is 0 Å². The SMILES string of the molecule is CCCCCCN1C(=O)C(c2ccc(C)cc2)=C(N(C)CCO)C1=O. The second-order valence-corrected chi connectivity index (χ2v) is 6.56. The minimum absolute atomic E-state index is 0.0703. The molecule has 2 rings (SSSR count). The fourth-order valence-corrected chi connectivity index (χ4v) is 3.06. The molecule has 0 fully saturated rings. The van der Waals surface area contributed by atoms with Crippen LogP contribution in [0.1, 0.15) is 43.7 Å². The highest BCUT2D eigenvalue weighted by Gasteiger charge is 2.40. The van der Waals surface area contributed by atoms with Crippen LogP contribution in [0.4, 0.5) is 0 Å². The summed E-state index contributed by atoms with van der Waals surface area (Å²) in [6.45, 7) is 4.81. The Balaban J connectivity index is 2.32. The van der Waals surface area contributed by atoms with Gasteiger partial charge in [0.15, 0.2) is 0 Å². The Kier molecular flexibility index (Phi) is 6.76. The zero-order chi connectivity index (χ0) is 18.4. The summed E-state index contributed by atoms with van der Waals surface area (Å²) in [7, 11) is 1.74. The summed E-state index contributed by atoms with van der Waals surface area (Å²) in [6, 6.07) is 7.63. The predicted octanol–water partition coefficient (Wildman–Crippen LogP) is 2.58. The normalized spacial score (nSPS) is 14.6. The number of aryl methyl sites for hydroxylation is 1. The van der Waals surface area contributed by atoms with Gasteiger partial charge in [-0.1, -0.05) is 56.0 Å². The molecule has 0 saturated heterocycles. The Morgan fingerprint density at radius 1 is 1.04 bits per heavy atom. The second kappa shape index (κ2) is 8.81. The number of likely N-dealkylation sites (N-methyl/N-ethyl adjacent to an activating group) is 1. The third-order valence-corrected chi connectivity index (χ3v) is 4.54. The molecular weight excluding hydrogens is 316 g/mol. The van der Waals surface area contributed by atoms with Gasteiger partial charge < -0.3 is 10.0 Å². The van der Waals surface area contributed by atoms with Crippen molar-refractivity contribution in [3.05, 3.63) is 41.1 Å². The van der Waals surface area contributed by atoms with E-state index in [4.69, 9.17) is 0 Å². The molecule has 136 valence electrons. The molecule has 25 heavy (non-hydrogen) atoms. The molecule has 0 atom stereocenters. The summed E-state index contributed by atoms with van der Waals surface area (Å²) >= 11 is 0. The summed E-state index contributed by atoms with van der Waals surface area (Å²) in [5.41, 5.74) is 2.68. The topological polar surface area (TPSA) is 60.9 Å². The van der Waals surface area contributed by atoms with E-state index in [2.05, 4.69) is 6.92 Å². The van der Waals surface area contributed by atoms with Gasteiger partial charge in [-0.15, -0.1) is 0 Å². The molecule has 5 nitrogen and oxygen atoms in total. The molecule has 1 aromatic carbocycles. The first kappa shape index (κ1) is 19.2. The smallest absolute Gasteiger partial charge is 0.277 e. The molecule has 1 N–H and O–H groups in total. The molecule has 0 unspecified atom stereocenters. The van der Waals surface area contributed by atoms with Crippen molar-refractivity contribution in [2.75, 3.05) is 26.7 Å². The maximum atomic E-state index is 12.9. The number of aliphatic hydroxyl groups excluding tert-OH is 1. The molecule has 1 heterocycles. The van der Waals surface area contributed by atoms with Crippen LogP contribution in [0.5, 0.6) is 0 Å². The van der Waals surface area contributed by atoms with E-state index in [1.165, 1.54) is 4.90 Å². The van der Waals surface area contributed by atoms with Crippen LogP contribution >= 0.6 is 0 Å². The Hall–Kier alpha value is -2.14. The van der Waals surface area contributed by atoms with Crippen molar-refractivity contribution >= 4 is 17.4 Å². The van der Waals surface area contributed by atoms with Gasteiger partial charge in [-0.3, -0.25) is 14.5 Å². The average Bonchev–Trinajstić information content (AvgIpc) is 2.84. The second-order valence-electron chi connectivity index (χ2n) is 6.56. The number of nitrogens with zero attached hydrogens (tertiary/aromatic N) is 2. The molecule has 1 aliphatic rings. The van der Waals surface area contributed by atoms with Gasteiger partial charge in [-0.25, -0.2) is 0 Å². The third-order valence-electron chi connectivity index (χ3n) is 4.54. The van der Waals surface area contributed by atoms with Crippen molar-refractivity contribution in [2.24, 2.45) is 0 Å². The molecule has 2 amide bonds. The number of carbonyl (C=O) groups excluding carboxylic acids is 2. The minimum Gasteiger partial charge on any atom is -0.395 e. The van der Waals surface area contributed by atoms with Crippen molar-refractivity contribution in [3.8, 4) is 0 Å². The number of amides is 2. The third kappa shape index (κ3) is 4.28. The fourth-order valence-electron chi connectivity index (χ4n) is 3.06. The quantitative estimate of drug-likeness (QED) is 0.552. The number of hydrogen-bond acceptors (Lipinski definition) is 4. The lowest BCUT2D eigenvalue weighted by molar-refractivity contribution is -0.137. The van der Waals surface area contributed by atoms with E-state index in [-0.39, 0.29) is 18.4 Å². The zero-order valence-corrected chi connectivity index (χ0v) is 15.4. The summed E-state index contributed by atoms with van der Waals surface area (Å²) in [6.07, 6.45) is 4.05. The van der Waals surface area contributed by atoms with Gasteiger partial charge in [0.2, 0.25) is 0 Å². The lowest BCUT2D eigenvalue weighted by Gasteiger charge is -2.20. The molecule has 0 bridgehead atoms. The van der Waals surface area contributed by atoms with Crippen LogP contribution in [-0.2, 0) is 9.59 Å². The molecule has 0 aromatic heterocycles. The van der Waals surface area contributed by atoms with E-state index in [0.717, 1.165) is 36.8 Å². The summed E-state index contributed by atoms with van der Waals surface area (Å²) in [4.78, 5) is 28.8. The number of aliphatic hydroxyl groups is 1. The predicted molar refractivity (Wildman–Crippen MR) is 98.7 cm³/mol. The Morgan fingerprint density at radius 2 is 1.72 bits per heavy atom. The number of carbonyl (C=O) groups is 2. The van der Waals surface area contributed by atoms with Gasteiger partial charge in [-0.05, 0) is 18.9 Å². The van der Waals surface area contributed by atoms with Crippen LogP contribution in [0.2, 0.25) is 0 Å². The number of imide groups is 1. The Labute approximate surface area is 149 Å². The standard InChI is InChI=1S/C20H28N2O3/c1-4-5-6-7-12-22-19(24)17(16-10-8-15(2)9-11-16)18(20(22)25)21(3)13-14-23/h8-11,23H,4-7,12-14H2,1-3H3. The number of unbranched alkanes of at least 4 members (excludes halogenated alkanes) is 3. The summed E-state index contributed by atoms with van der Waals surface area (Å²) in [5, 5.41) is 9.23. The van der Waals surface area contributed by atoms with Crippen LogP contribution in [0, 0.1) is 6.92 Å². The highest BCUT2D eigenvalue weighted by atomic mass is 16.3. The molecule has 0 saturated carbocycles. The van der Waals surface area contributed by atoms with Crippen molar-refractivity contribution in [1.29, 1.82) is 0 Å². The molecular formula is C20H28N2O3. The van der Waals surface area contributed by atoms with E-state index in [1.54, 1.807) is 11.9 Å². The minimum atomic E-state index is -0.256. The lowest BCUT2D eigenvalue weighted by atomic mass is 10.0. The molecule has 5 heteroatoms. The van der Waals surface area contributed by atoms with Crippen LogP contribution in [0.15, 0.2) is 30.0 Å². The Morgan fingerprint density at radius 3 is 2.32 bits per heavy atom. The van der Waals surface area contributed by atoms with Crippen molar-refractivity contribution in [2.45, 2.75) is 39.5 Å². The summed E-state index contributed by atoms with van der Waals surface area (Å²) in [5.74, 6) is -0.488. The highest BCUT2D eigenvalue weighted by molar-refractivity contribution is 6.35. The number of benzene rings is 1. The number of rotatable bonds is 9. The van der Waals surface area contributed by atoms with Crippen molar-refractivity contribution < 1.29 is 14.7 Å². The van der Waals surface area contributed by atoms with Crippen molar-refractivity contribution in [3.63, 3.8) is 0 Å². The van der Waals surface area contributed by atoms with E-state index in [9.17, 15) is 14.7 Å². The van der Waals surface area contributed by atoms with E-state index >= 15 is 0 Å². The molecule has 0 radical (unpaired) electrons. The molecule has 1 aliphatic heterocycles. The van der Waals surface area contributed by atoms with Crippen LogP contribution < -0.4 is 0 Å². The fraction of sp³-hybridized carbons (Fsp3) is 0.500. The van der Waals surface area contributed by atoms with Crippen molar-refractivity contribution in [1.82, 2.24) is 9.80 Å². The average molecular weight is 344 g/mol. The number of hydrogen-bond donors (Lipinski definition) is 1.